The number of aromatic nitrogens is 5. The molecule has 0 aliphatic heterocycles. The molecule has 0 radical (unpaired) electrons. The number of fused-ring (bicyclic) bond motifs is 1. The van der Waals surface area contributed by atoms with E-state index < -0.39 is 24.4 Å². The summed E-state index contributed by atoms with van der Waals surface area (Å²) in [5, 5.41) is 43.1. The lowest BCUT2D eigenvalue weighted by Gasteiger charge is -2.30. The van der Waals surface area contributed by atoms with Crippen LogP contribution < -0.4 is 5.32 Å². The zero-order chi connectivity index (χ0) is 22.2. The van der Waals surface area contributed by atoms with Crippen molar-refractivity contribution in [1.29, 1.82) is 0 Å². The van der Waals surface area contributed by atoms with Gasteiger partial charge in [0.05, 0.1) is 0 Å². The molecule has 9 nitrogen and oxygen atoms in total. The summed E-state index contributed by atoms with van der Waals surface area (Å²) in [6, 6.07) is 9.95. The Morgan fingerprint density at radius 1 is 1.09 bits per heavy atom. The summed E-state index contributed by atoms with van der Waals surface area (Å²) in [6.45, 7) is 2.10. The smallest absolute Gasteiger partial charge is 0.191 e. The SMILES string of the molecule is CCCSc1nc(NC2CC2c2ccccc2)c2nnn([C@@H]3C=C[C@H](O)[C@@H](O)[C@H]3O)c2n1. The van der Waals surface area contributed by atoms with Crippen LogP contribution >= 0.6 is 11.8 Å². The minimum Gasteiger partial charge on any atom is -0.388 e. The monoisotopic (exact) mass is 454 g/mol. The maximum absolute atomic E-state index is 10.5. The molecule has 1 fully saturated rings. The highest BCUT2D eigenvalue weighted by molar-refractivity contribution is 7.99. The Bertz CT molecular complexity index is 1120. The molecule has 32 heavy (non-hydrogen) atoms. The Morgan fingerprint density at radius 2 is 1.91 bits per heavy atom. The third-order valence-corrected chi connectivity index (χ3v) is 6.97. The first-order chi connectivity index (χ1) is 15.6. The van der Waals surface area contributed by atoms with E-state index in [9.17, 15) is 15.3 Å². The molecule has 0 spiro atoms. The van der Waals surface area contributed by atoms with Crippen LogP contribution in [0.3, 0.4) is 0 Å². The second-order valence-corrected chi connectivity index (χ2v) is 9.32. The molecule has 3 aromatic rings. The van der Waals surface area contributed by atoms with Crippen LogP contribution in [0.2, 0.25) is 0 Å². The molecule has 2 aliphatic rings. The van der Waals surface area contributed by atoms with Gasteiger partial charge in [0.25, 0.3) is 0 Å². The van der Waals surface area contributed by atoms with Gasteiger partial charge in [-0.3, -0.25) is 0 Å². The lowest BCUT2D eigenvalue weighted by atomic mass is 9.94. The first-order valence-electron chi connectivity index (χ1n) is 10.9. The van der Waals surface area contributed by atoms with Crippen LogP contribution in [-0.2, 0) is 0 Å². The van der Waals surface area contributed by atoms with Gasteiger partial charge in [-0.2, -0.15) is 0 Å². The van der Waals surface area contributed by atoms with Crippen molar-refractivity contribution in [2.45, 2.75) is 61.2 Å². The predicted molar refractivity (Wildman–Crippen MR) is 122 cm³/mol. The van der Waals surface area contributed by atoms with E-state index in [4.69, 9.17) is 4.98 Å². The normalized spacial score (nSPS) is 29.4. The second kappa shape index (κ2) is 8.78. The Labute approximate surface area is 189 Å². The molecule has 5 rings (SSSR count). The molecule has 6 atom stereocenters. The topological polar surface area (TPSA) is 129 Å². The van der Waals surface area contributed by atoms with E-state index in [1.54, 1.807) is 17.8 Å². The summed E-state index contributed by atoms with van der Waals surface area (Å²) in [5.41, 5.74) is 2.30. The van der Waals surface area contributed by atoms with E-state index in [1.165, 1.54) is 16.3 Å². The lowest BCUT2D eigenvalue weighted by molar-refractivity contribution is -0.0636. The fourth-order valence-electron chi connectivity index (χ4n) is 4.05. The van der Waals surface area contributed by atoms with E-state index in [2.05, 4.69) is 39.7 Å². The van der Waals surface area contributed by atoms with Crippen molar-refractivity contribution >= 4 is 28.7 Å². The zero-order valence-electron chi connectivity index (χ0n) is 17.6. The Morgan fingerprint density at radius 3 is 2.69 bits per heavy atom. The molecule has 1 saturated carbocycles. The molecule has 168 valence electrons. The number of anilines is 1. The third-order valence-electron chi connectivity index (χ3n) is 5.92. The van der Waals surface area contributed by atoms with Crippen LogP contribution in [0.25, 0.3) is 11.2 Å². The third kappa shape index (κ3) is 3.99. The molecule has 2 heterocycles. The van der Waals surface area contributed by atoms with Crippen molar-refractivity contribution < 1.29 is 15.3 Å². The minimum atomic E-state index is -1.31. The van der Waals surface area contributed by atoms with Gasteiger partial charge in [-0.1, -0.05) is 66.4 Å². The fraction of sp³-hybridized carbons (Fsp3) is 0.455. The van der Waals surface area contributed by atoms with Crippen molar-refractivity contribution in [3.8, 4) is 0 Å². The highest BCUT2D eigenvalue weighted by Gasteiger charge is 2.40. The number of benzene rings is 1. The lowest BCUT2D eigenvalue weighted by Crippen LogP contribution is -2.44. The van der Waals surface area contributed by atoms with Crippen LogP contribution in [0, 0.1) is 0 Å². The molecule has 4 N–H and O–H groups in total. The number of hydrogen-bond donors (Lipinski definition) is 4. The van der Waals surface area contributed by atoms with Crippen molar-refractivity contribution in [3.63, 3.8) is 0 Å². The number of nitrogens with one attached hydrogen (secondary N) is 1. The molecule has 0 amide bonds. The molecule has 2 aromatic heterocycles. The van der Waals surface area contributed by atoms with Crippen LogP contribution in [0.15, 0.2) is 47.6 Å². The van der Waals surface area contributed by atoms with Gasteiger partial charge in [0.15, 0.2) is 22.1 Å². The van der Waals surface area contributed by atoms with E-state index in [-0.39, 0.29) is 6.04 Å². The molecule has 1 aromatic carbocycles. The first-order valence-corrected chi connectivity index (χ1v) is 11.8. The average molecular weight is 455 g/mol. The maximum Gasteiger partial charge on any atom is 0.191 e. The zero-order valence-corrected chi connectivity index (χ0v) is 18.4. The van der Waals surface area contributed by atoms with Crippen LogP contribution in [0.1, 0.15) is 37.3 Å². The number of hydrogen-bond acceptors (Lipinski definition) is 9. The van der Waals surface area contributed by atoms with Gasteiger partial charge in [0.1, 0.15) is 24.4 Å². The summed E-state index contributed by atoms with van der Waals surface area (Å²) >= 11 is 1.55. The highest BCUT2D eigenvalue weighted by atomic mass is 32.2. The van der Waals surface area contributed by atoms with Gasteiger partial charge < -0.3 is 20.6 Å². The summed E-state index contributed by atoms with van der Waals surface area (Å²) in [5.74, 6) is 1.92. The fourth-order valence-corrected chi connectivity index (χ4v) is 4.75. The van der Waals surface area contributed by atoms with Gasteiger partial charge in [-0.15, -0.1) is 5.10 Å². The average Bonchev–Trinajstić information content (AvgIpc) is 3.45. The largest absolute Gasteiger partial charge is 0.388 e. The molecule has 2 aliphatic carbocycles. The van der Waals surface area contributed by atoms with Gasteiger partial charge in [0, 0.05) is 17.7 Å². The summed E-state index contributed by atoms with van der Waals surface area (Å²) in [4.78, 5) is 9.36. The van der Waals surface area contributed by atoms with Crippen LogP contribution in [0.4, 0.5) is 5.82 Å². The summed E-state index contributed by atoms with van der Waals surface area (Å²) in [6.07, 6.45) is 1.41. The summed E-state index contributed by atoms with van der Waals surface area (Å²) < 4.78 is 1.50. The first kappa shape index (κ1) is 21.3. The van der Waals surface area contributed by atoms with E-state index >= 15 is 0 Å². The second-order valence-electron chi connectivity index (χ2n) is 8.26. The van der Waals surface area contributed by atoms with Crippen molar-refractivity contribution in [2.75, 3.05) is 11.1 Å². The standard InChI is InChI=1S/C22H26N6O3S/c1-2-10-32-22-24-20(23-14-11-13(14)12-6-4-3-5-7-12)17-21(25-22)28(27-26-17)15-8-9-16(29)19(31)18(15)30/h3-9,13-16,18-19,29-31H,2,10-11H2,1H3,(H,23,24,25)/t13?,14?,15-,16+,18+,19-/m1/s1. The number of rotatable bonds is 7. The molecule has 0 bridgehead atoms. The number of aliphatic hydroxyl groups is 3. The summed E-state index contributed by atoms with van der Waals surface area (Å²) in [7, 11) is 0. The molecule has 0 saturated heterocycles. The van der Waals surface area contributed by atoms with Crippen LogP contribution in [0.5, 0.6) is 0 Å². The number of nitrogens with zero attached hydrogens (tertiary/aromatic N) is 5. The van der Waals surface area contributed by atoms with Gasteiger partial charge in [-0.25, -0.2) is 14.6 Å². The van der Waals surface area contributed by atoms with Gasteiger partial charge >= 0.3 is 0 Å². The number of thioether (sulfide) groups is 1. The van der Waals surface area contributed by atoms with Crippen LogP contribution in [-0.4, -0.2) is 70.4 Å². The highest BCUT2D eigenvalue weighted by Crippen LogP contribution is 2.43. The van der Waals surface area contributed by atoms with E-state index in [0.29, 0.717) is 28.1 Å². The Kier molecular flexibility index (Phi) is 5.85. The van der Waals surface area contributed by atoms with Crippen molar-refractivity contribution in [2.24, 2.45) is 0 Å². The molecular weight excluding hydrogens is 428 g/mol. The Hall–Kier alpha value is -2.53. The Balaban J connectivity index is 1.48. The van der Waals surface area contributed by atoms with E-state index in [0.717, 1.165) is 18.6 Å². The molecule has 10 heteroatoms. The van der Waals surface area contributed by atoms with Crippen molar-refractivity contribution in [1.82, 2.24) is 25.0 Å². The van der Waals surface area contributed by atoms with Crippen molar-refractivity contribution in [3.05, 3.63) is 48.0 Å². The molecular formula is C22H26N6O3S. The predicted octanol–water partition coefficient (Wildman–Crippen LogP) is 1.88. The number of aliphatic hydroxyl groups excluding tert-OH is 3. The van der Waals surface area contributed by atoms with Gasteiger partial charge in [-0.05, 0) is 18.4 Å². The maximum atomic E-state index is 10.5. The minimum absolute atomic E-state index is 0.252. The van der Waals surface area contributed by atoms with Gasteiger partial charge in [0.2, 0.25) is 0 Å². The van der Waals surface area contributed by atoms with E-state index in [1.807, 2.05) is 18.2 Å². The quantitative estimate of drug-likeness (QED) is 0.240. The molecule has 2 unspecified atom stereocenters.